The van der Waals surface area contributed by atoms with Gasteiger partial charge in [0.25, 0.3) is 0 Å². The van der Waals surface area contributed by atoms with Crippen molar-refractivity contribution in [3.63, 3.8) is 0 Å². The van der Waals surface area contributed by atoms with E-state index in [0.29, 0.717) is 6.04 Å². The third kappa shape index (κ3) is 3.45. The number of rotatable bonds is 2. The molecular formula is C14H22N2O. The fourth-order valence-corrected chi connectivity index (χ4v) is 2.00. The minimum Gasteiger partial charge on any atom is -0.474 e. The predicted octanol–water partition coefficient (Wildman–Crippen LogP) is 2.00. The molecule has 2 atom stereocenters. The van der Waals surface area contributed by atoms with E-state index in [1.807, 2.05) is 30.3 Å². The summed E-state index contributed by atoms with van der Waals surface area (Å²) in [5.74, 6) is 0.918. The van der Waals surface area contributed by atoms with Gasteiger partial charge in [0.15, 0.2) is 6.23 Å². The van der Waals surface area contributed by atoms with Crippen LogP contribution in [-0.4, -0.2) is 25.4 Å². The van der Waals surface area contributed by atoms with Gasteiger partial charge in [0.2, 0.25) is 0 Å². The second kappa shape index (κ2) is 5.07. The van der Waals surface area contributed by atoms with E-state index in [9.17, 15) is 0 Å². The van der Waals surface area contributed by atoms with E-state index < -0.39 is 0 Å². The molecule has 3 nitrogen and oxygen atoms in total. The van der Waals surface area contributed by atoms with E-state index in [1.165, 1.54) is 0 Å². The second-order valence-corrected chi connectivity index (χ2v) is 5.65. The lowest BCUT2D eigenvalue weighted by Crippen LogP contribution is -2.60. The predicted molar refractivity (Wildman–Crippen MR) is 70.1 cm³/mol. The molecule has 2 unspecified atom stereocenters. The van der Waals surface area contributed by atoms with Crippen molar-refractivity contribution in [2.75, 3.05) is 13.1 Å². The topological polar surface area (TPSA) is 33.3 Å². The number of ether oxygens (including phenoxy) is 1. The van der Waals surface area contributed by atoms with Gasteiger partial charge >= 0.3 is 0 Å². The third-order valence-corrected chi connectivity index (χ3v) is 3.17. The molecule has 1 aromatic rings. The van der Waals surface area contributed by atoms with Crippen molar-refractivity contribution in [1.82, 2.24) is 10.6 Å². The summed E-state index contributed by atoms with van der Waals surface area (Å²) in [6.07, 6.45) is 0.0657. The number of hydrogen-bond acceptors (Lipinski definition) is 3. The highest BCUT2D eigenvalue weighted by atomic mass is 16.5. The molecule has 1 aromatic carbocycles. The summed E-state index contributed by atoms with van der Waals surface area (Å²) in [7, 11) is 0. The van der Waals surface area contributed by atoms with Crippen LogP contribution in [0.2, 0.25) is 0 Å². The Balaban J connectivity index is 1.84. The molecule has 1 heterocycles. The van der Waals surface area contributed by atoms with Crippen LogP contribution in [0.25, 0.3) is 0 Å². The van der Waals surface area contributed by atoms with Gasteiger partial charge in [-0.05, 0) is 17.5 Å². The van der Waals surface area contributed by atoms with Crippen LogP contribution < -0.4 is 15.4 Å². The van der Waals surface area contributed by atoms with Crippen LogP contribution in [0.1, 0.15) is 20.8 Å². The number of hydrogen-bond donors (Lipinski definition) is 2. The summed E-state index contributed by atoms with van der Waals surface area (Å²) in [5.41, 5.74) is 0.282. The normalized spacial score (nSPS) is 25.6. The molecule has 2 N–H and O–H groups in total. The molecule has 0 amide bonds. The Bertz CT molecular complexity index is 337. The first kappa shape index (κ1) is 12.4. The lowest BCUT2D eigenvalue weighted by Gasteiger charge is -2.38. The molecule has 0 bridgehead atoms. The Morgan fingerprint density at radius 1 is 1.06 bits per heavy atom. The molecule has 0 saturated carbocycles. The van der Waals surface area contributed by atoms with Gasteiger partial charge in [0.1, 0.15) is 5.75 Å². The van der Waals surface area contributed by atoms with Crippen molar-refractivity contribution in [1.29, 1.82) is 0 Å². The average Bonchev–Trinajstić information content (AvgIpc) is 2.30. The number of piperazine rings is 1. The molecule has 0 aliphatic carbocycles. The average molecular weight is 234 g/mol. The fourth-order valence-electron chi connectivity index (χ4n) is 2.00. The van der Waals surface area contributed by atoms with Crippen molar-refractivity contribution < 1.29 is 4.74 Å². The summed E-state index contributed by atoms with van der Waals surface area (Å²) >= 11 is 0. The minimum absolute atomic E-state index is 0.0657. The van der Waals surface area contributed by atoms with Gasteiger partial charge in [0, 0.05) is 19.1 Å². The Kier molecular flexibility index (Phi) is 3.69. The molecule has 1 aliphatic heterocycles. The van der Waals surface area contributed by atoms with E-state index in [0.717, 1.165) is 18.8 Å². The first-order valence-electron chi connectivity index (χ1n) is 6.24. The first-order chi connectivity index (χ1) is 8.05. The van der Waals surface area contributed by atoms with Gasteiger partial charge in [0.05, 0.1) is 0 Å². The molecule has 3 heteroatoms. The number of para-hydroxylation sites is 1. The largest absolute Gasteiger partial charge is 0.474 e. The Hall–Kier alpha value is -1.06. The third-order valence-electron chi connectivity index (χ3n) is 3.17. The van der Waals surface area contributed by atoms with Gasteiger partial charge in [-0.1, -0.05) is 39.0 Å². The lowest BCUT2D eigenvalue weighted by atomic mass is 9.86. The Morgan fingerprint density at radius 3 is 2.29 bits per heavy atom. The first-order valence-corrected chi connectivity index (χ1v) is 6.24. The molecule has 1 aliphatic rings. The van der Waals surface area contributed by atoms with E-state index in [4.69, 9.17) is 4.74 Å². The zero-order chi connectivity index (χ0) is 12.3. The van der Waals surface area contributed by atoms with Crippen molar-refractivity contribution in [2.24, 2.45) is 5.41 Å². The highest BCUT2D eigenvalue weighted by Crippen LogP contribution is 2.20. The standard InChI is InChI=1S/C14H22N2O/c1-14(2,3)12-9-16-13(10-15-12)17-11-7-5-4-6-8-11/h4-8,12-13,15-16H,9-10H2,1-3H3. The van der Waals surface area contributed by atoms with Crippen molar-refractivity contribution in [2.45, 2.75) is 33.0 Å². The lowest BCUT2D eigenvalue weighted by molar-refractivity contribution is 0.101. The summed E-state index contributed by atoms with van der Waals surface area (Å²) in [6.45, 7) is 8.55. The Labute approximate surface area is 104 Å². The molecule has 0 spiro atoms. The van der Waals surface area contributed by atoms with Crippen molar-refractivity contribution in [3.8, 4) is 5.75 Å². The van der Waals surface area contributed by atoms with E-state index in [-0.39, 0.29) is 11.6 Å². The maximum atomic E-state index is 5.84. The highest BCUT2D eigenvalue weighted by molar-refractivity contribution is 5.21. The zero-order valence-electron chi connectivity index (χ0n) is 10.9. The molecule has 1 saturated heterocycles. The second-order valence-electron chi connectivity index (χ2n) is 5.65. The quantitative estimate of drug-likeness (QED) is 0.821. The SMILES string of the molecule is CC(C)(C)C1CNC(Oc2ccccc2)CN1. The van der Waals surface area contributed by atoms with Crippen LogP contribution in [0.4, 0.5) is 0 Å². The maximum Gasteiger partial charge on any atom is 0.162 e. The summed E-state index contributed by atoms with van der Waals surface area (Å²) < 4.78 is 5.84. The monoisotopic (exact) mass is 234 g/mol. The van der Waals surface area contributed by atoms with Crippen LogP contribution in [0.15, 0.2) is 30.3 Å². The summed E-state index contributed by atoms with van der Waals surface area (Å²) in [4.78, 5) is 0. The van der Waals surface area contributed by atoms with E-state index >= 15 is 0 Å². The van der Waals surface area contributed by atoms with Crippen LogP contribution >= 0.6 is 0 Å². The molecule has 2 rings (SSSR count). The van der Waals surface area contributed by atoms with Gasteiger partial charge in [-0.15, -0.1) is 0 Å². The molecule has 17 heavy (non-hydrogen) atoms. The fraction of sp³-hybridized carbons (Fsp3) is 0.571. The van der Waals surface area contributed by atoms with E-state index in [2.05, 4.69) is 31.4 Å². The molecular weight excluding hydrogens is 212 g/mol. The zero-order valence-corrected chi connectivity index (χ0v) is 10.9. The number of nitrogens with one attached hydrogen (secondary N) is 2. The highest BCUT2D eigenvalue weighted by Gasteiger charge is 2.29. The van der Waals surface area contributed by atoms with Crippen LogP contribution in [-0.2, 0) is 0 Å². The molecule has 94 valence electrons. The van der Waals surface area contributed by atoms with Gasteiger partial charge in [-0.3, -0.25) is 5.32 Å². The molecule has 1 fully saturated rings. The van der Waals surface area contributed by atoms with Crippen molar-refractivity contribution in [3.05, 3.63) is 30.3 Å². The molecule has 0 aromatic heterocycles. The van der Waals surface area contributed by atoms with Gasteiger partial charge in [-0.2, -0.15) is 0 Å². The minimum atomic E-state index is 0.0657. The summed E-state index contributed by atoms with van der Waals surface area (Å²) in [6, 6.07) is 10.4. The number of benzene rings is 1. The van der Waals surface area contributed by atoms with Gasteiger partial charge in [-0.25, -0.2) is 0 Å². The van der Waals surface area contributed by atoms with E-state index in [1.54, 1.807) is 0 Å². The summed E-state index contributed by atoms with van der Waals surface area (Å²) in [5, 5.41) is 6.98. The Morgan fingerprint density at radius 2 is 1.76 bits per heavy atom. The maximum absolute atomic E-state index is 5.84. The molecule has 0 radical (unpaired) electrons. The van der Waals surface area contributed by atoms with Gasteiger partial charge < -0.3 is 10.1 Å². The van der Waals surface area contributed by atoms with Crippen LogP contribution in [0, 0.1) is 5.41 Å². The van der Waals surface area contributed by atoms with Crippen molar-refractivity contribution >= 4 is 0 Å². The van der Waals surface area contributed by atoms with Crippen LogP contribution in [0.5, 0.6) is 5.75 Å². The van der Waals surface area contributed by atoms with Crippen LogP contribution in [0.3, 0.4) is 0 Å². The smallest absolute Gasteiger partial charge is 0.162 e.